The number of rotatable bonds is 6. The van der Waals surface area contributed by atoms with Gasteiger partial charge >= 0.3 is 5.97 Å². The van der Waals surface area contributed by atoms with Crippen molar-refractivity contribution in [1.82, 2.24) is 5.01 Å². The van der Waals surface area contributed by atoms with Crippen molar-refractivity contribution < 1.29 is 19.1 Å². The first-order chi connectivity index (χ1) is 12.0. The van der Waals surface area contributed by atoms with Gasteiger partial charge in [-0.05, 0) is 40.9 Å². The molecule has 2 heterocycles. The smallest absolute Gasteiger partial charge is 0.303 e. The number of nitrogens with zero attached hydrogens (tertiary/aromatic N) is 2. The van der Waals surface area contributed by atoms with Crippen molar-refractivity contribution in [2.24, 2.45) is 5.10 Å². The van der Waals surface area contributed by atoms with E-state index in [1.165, 1.54) is 17.1 Å². The van der Waals surface area contributed by atoms with Crippen molar-refractivity contribution in [3.63, 3.8) is 0 Å². The van der Waals surface area contributed by atoms with Gasteiger partial charge in [0.15, 0.2) is 0 Å². The van der Waals surface area contributed by atoms with E-state index in [0.29, 0.717) is 6.42 Å². The number of benzene rings is 1. The minimum absolute atomic E-state index is 0.0537. The highest BCUT2D eigenvalue weighted by molar-refractivity contribution is 7.08. The van der Waals surface area contributed by atoms with Crippen molar-refractivity contribution in [3.05, 3.63) is 58.0 Å². The Morgan fingerprint density at radius 2 is 2.00 bits per heavy atom. The molecule has 0 radical (unpaired) electrons. The Labute approximate surface area is 148 Å². The fourth-order valence-electron chi connectivity index (χ4n) is 2.79. The van der Waals surface area contributed by atoms with E-state index in [1.807, 2.05) is 16.8 Å². The van der Waals surface area contributed by atoms with Crippen LogP contribution in [0.2, 0.25) is 0 Å². The number of hydrazone groups is 1. The zero-order chi connectivity index (χ0) is 17.8. The van der Waals surface area contributed by atoms with Crippen molar-refractivity contribution in [2.75, 3.05) is 0 Å². The van der Waals surface area contributed by atoms with E-state index in [9.17, 15) is 14.0 Å². The van der Waals surface area contributed by atoms with Gasteiger partial charge in [-0.25, -0.2) is 9.40 Å². The van der Waals surface area contributed by atoms with Crippen LogP contribution in [0.3, 0.4) is 0 Å². The van der Waals surface area contributed by atoms with Crippen LogP contribution < -0.4 is 0 Å². The van der Waals surface area contributed by atoms with Crippen molar-refractivity contribution in [3.8, 4) is 0 Å². The number of carboxylic acids is 1. The summed E-state index contributed by atoms with van der Waals surface area (Å²) in [7, 11) is 0. The predicted molar refractivity (Wildman–Crippen MR) is 92.9 cm³/mol. The molecule has 0 fully saturated rings. The molecule has 3 rings (SSSR count). The van der Waals surface area contributed by atoms with Gasteiger partial charge < -0.3 is 5.11 Å². The largest absolute Gasteiger partial charge is 0.481 e. The van der Waals surface area contributed by atoms with Gasteiger partial charge in [-0.15, -0.1) is 0 Å². The van der Waals surface area contributed by atoms with Gasteiger partial charge in [0.2, 0.25) is 5.91 Å². The number of hydrogen-bond acceptors (Lipinski definition) is 4. The van der Waals surface area contributed by atoms with Gasteiger partial charge in [-0.1, -0.05) is 12.1 Å². The van der Waals surface area contributed by atoms with E-state index >= 15 is 0 Å². The molecule has 0 saturated heterocycles. The van der Waals surface area contributed by atoms with Crippen LogP contribution in [-0.2, 0) is 9.59 Å². The van der Waals surface area contributed by atoms with Crippen LogP contribution in [0.1, 0.15) is 42.9 Å². The van der Waals surface area contributed by atoms with Crippen LogP contribution in [-0.4, -0.2) is 27.7 Å². The lowest BCUT2D eigenvalue weighted by Crippen LogP contribution is -2.27. The number of thiophene rings is 1. The number of carboxylic acid groups (broad SMARTS) is 1. The minimum Gasteiger partial charge on any atom is -0.481 e. The SMILES string of the molecule is O=C(O)CCCC(=O)N1N=C(c2ccsc2)CC1c1ccc(F)cc1. The van der Waals surface area contributed by atoms with E-state index in [-0.39, 0.29) is 37.0 Å². The molecule has 7 heteroatoms. The molecule has 0 spiro atoms. The molecule has 1 aromatic carbocycles. The van der Waals surface area contributed by atoms with E-state index in [2.05, 4.69) is 5.10 Å². The number of amides is 1. The molecule has 1 aromatic heterocycles. The summed E-state index contributed by atoms with van der Waals surface area (Å²) < 4.78 is 13.2. The predicted octanol–water partition coefficient (Wildman–Crippen LogP) is 3.82. The fraction of sp³-hybridized carbons (Fsp3) is 0.278. The third kappa shape index (κ3) is 4.11. The van der Waals surface area contributed by atoms with E-state index in [4.69, 9.17) is 5.11 Å². The summed E-state index contributed by atoms with van der Waals surface area (Å²) in [5.41, 5.74) is 2.59. The zero-order valence-corrected chi connectivity index (χ0v) is 14.2. The maximum absolute atomic E-state index is 13.2. The van der Waals surface area contributed by atoms with Crippen LogP contribution >= 0.6 is 11.3 Å². The van der Waals surface area contributed by atoms with Crippen LogP contribution in [0.15, 0.2) is 46.2 Å². The van der Waals surface area contributed by atoms with E-state index in [1.54, 1.807) is 23.5 Å². The molecule has 1 amide bonds. The monoisotopic (exact) mass is 360 g/mol. The lowest BCUT2D eigenvalue weighted by molar-refractivity contribution is -0.137. The molecule has 25 heavy (non-hydrogen) atoms. The first-order valence-corrected chi connectivity index (χ1v) is 8.88. The number of halogens is 1. The maximum Gasteiger partial charge on any atom is 0.303 e. The normalized spacial score (nSPS) is 16.8. The van der Waals surface area contributed by atoms with Gasteiger partial charge in [0, 0.05) is 24.8 Å². The van der Waals surface area contributed by atoms with Gasteiger partial charge in [-0.3, -0.25) is 9.59 Å². The van der Waals surface area contributed by atoms with Gasteiger partial charge in [0.25, 0.3) is 0 Å². The zero-order valence-electron chi connectivity index (χ0n) is 13.4. The van der Waals surface area contributed by atoms with E-state index < -0.39 is 5.97 Å². The highest BCUT2D eigenvalue weighted by atomic mass is 32.1. The Morgan fingerprint density at radius 1 is 1.24 bits per heavy atom. The molecular weight excluding hydrogens is 343 g/mol. The summed E-state index contributed by atoms with van der Waals surface area (Å²) >= 11 is 1.55. The highest BCUT2D eigenvalue weighted by Crippen LogP contribution is 2.33. The highest BCUT2D eigenvalue weighted by Gasteiger charge is 2.32. The molecule has 130 valence electrons. The second-order valence-corrected chi connectivity index (χ2v) is 6.60. The van der Waals surface area contributed by atoms with Crippen molar-refractivity contribution >= 4 is 28.9 Å². The molecule has 2 aromatic rings. The van der Waals surface area contributed by atoms with Crippen LogP contribution in [0.4, 0.5) is 4.39 Å². The number of carbonyl (C=O) groups excluding carboxylic acids is 1. The number of aliphatic carboxylic acids is 1. The third-order valence-electron chi connectivity index (χ3n) is 4.06. The van der Waals surface area contributed by atoms with Gasteiger partial charge in [0.05, 0.1) is 11.8 Å². The molecule has 0 saturated carbocycles. The number of hydrogen-bond donors (Lipinski definition) is 1. The second-order valence-electron chi connectivity index (χ2n) is 5.82. The molecule has 1 aliphatic rings. The second kappa shape index (κ2) is 7.57. The average molecular weight is 360 g/mol. The Kier molecular flexibility index (Phi) is 5.23. The molecule has 1 atom stereocenters. The summed E-state index contributed by atoms with van der Waals surface area (Å²) in [5, 5.41) is 18.5. The molecule has 0 bridgehead atoms. The Hall–Kier alpha value is -2.54. The lowest BCUT2D eigenvalue weighted by Gasteiger charge is -2.22. The fourth-order valence-corrected chi connectivity index (χ4v) is 3.46. The standard InChI is InChI=1S/C18H17FN2O3S/c19-14-6-4-12(5-7-14)16-10-15(13-8-9-25-11-13)20-21(16)17(22)2-1-3-18(23)24/h4-9,11,16H,1-3,10H2,(H,23,24). The van der Waals surface area contributed by atoms with Crippen molar-refractivity contribution in [1.29, 1.82) is 0 Å². The van der Waals surface area contributed by atoms with Gasteiger partial charge in [-0.2, -0.15) is 16.4 Å². The quantitative estimate of drug-likeness (QED) is 0.851. The summed E-state index contributed by atoms with van der Waals surface area (Å²) in [5.74, 6) is -1.48. The maximum atomic E-state index is 13.2. The third-order valence-corrected chi connectivity index (χ3v) is 4.74. The van der Waals surface area contributed by atoms with Crippen LogP contribution in [0.25, 0.3) is 0 Å². The summed E-state index contributed by atoms with van der Waals surface area (Å²) in [4.78, 5) is 23.2. The summed E-state index contributed by atoms with van der Waals surface area (Å²) in [6, 6.07) is 7.69. The Balaban J connectivity index is 1.81. The topological polar surface area (TPSA) is 70.0 Å². The number of carbonyl (C=O) groups is 2. The average Bonchev–Trinajstić information content (AvgIpc) is 3.24. The first-order valence-electron chi connectivity index (χ1n) is 7.94. The summed E-state index contributed by atoms with van der Waals surface area (Å²) in [6.45, 7) is 0. The molecule has 1 aliphatic heterocycles. The Morgan fingerprint density at radius 3 is 2.64 bits per heavy atom. The van der Waals surface area contributed by atoms with Crippen molar-refractivity contribution in [2.45, 2.75) is 31.7 Å². The molecular formula is C18H17FN2O3S. The molecule has 1 N–H and O–H groups in total. The molecule has 0 aliphatic carbocycles. The minimum atomic E-state index is -0.924. The lowest BCUT2D eigenvalue weighted by atomic mass is 9.99. The van der Waals surface area contributed by atoms with Crippen LogP contribution in [0.5, 0.6) is 0 Å². The molecule has 1 unspecified atom stereocenters. The van der Waals surface area contributed by atoms with E-state index in [0.717, 1.165) is 16.8 Å². The first kappa shape index (κ1) is 17.3. The van der Waals surface area contributed by atoms with Gasteiger partial charge in [0.1, 0.15) is 5.82 Å². The summed E-state index contributed by atoms with van der Waals surface area (Å²) in [6.07, 6.45) is 0.878. The Bertz CT molecular complexity index is 787. The van der Waals surface area contributed by atoms with Crippen LogP contribution in [0, 0.1) is 5.82 Å². The molecule has 5 nitrogen and oxygen atoms in total.